The van der Waals surface area contributed by atoms with Crippen LogP contribution in [0.4, 0.5) is 0 Å². The molecule has 0 saturated carbocycles. The molecule has 0 saturated heterocycles. The Hall–Kier alpha value is 0.399. The summed E-state index contributed by atoms with van der Waals surface area (Å²) in [5.41, 5.74) is 0. The first kappa shape index (κ1) is 12.1. The van der Waals surface area contributed by atoms with Crippen molar-refractivity contribution in [1.29, 1.82) is 0 Å². The van der Waals surface area contributed by atoms with Crippen LogP contribution in [0.15, 0.2) is 0 Å². The van der Waals surface area contributed by atoms with Crippen molar-refractivity contribution in [2.45, 2.75) is 19.8 Å². The quantitative estimate of drug-likeness (QED) is 0.507. The van der Waals surface area contributed by atoms with Gasteiger partial charge in [-0.15, -0.1) is 0 Å². The third-order valence-electron chi connectivity index (χ3n) is 0.791. The molecule has 0 aromatic carbocycles. The summed E-state index contributed by atoms with van der Waals surface area (Å²) in [6.45, 7) is 3.67. The van der Waals surface area contributed by atoms with Gasteiger partial charge >= 0.3 is 0 Å². The Morgan fingerprint density at radius 2 is 2.00 bits per heavy atom. The minimum Gasteiger partial charge on any atom is -0.344 e. The fraction of sp³-hybridized carbons (Fsp3) is 1.00. The second-order valence-electron chi connectivity index (χ2n) is 1.53. The molecule has 1 N–H and O–H groups in total. The molecule has 3 nitrogen and oxygen atoms in total. The van der Waals surface area contributed by atoms with Gasteiger partial charge in [-0.25, -0.2) is 0 Å². The number of rotatable bonds is 3. The molecule has 9 heavy (non-hydrogen) atoms. The van der Waals surface area contributed by atoms with Gasteiger partial charge in [-0.2, -0.15) is 0 Å². The fourth-order valence-corrected chi connectivity index (χ4v) is 0.327. The molecule has 0 aliphatic heterocycles. The smallest absolute Gasteiger partial charge is 0.277 e. The van der Waals surface area contributed by atoms with Crippen molar-refractivity contribution in [3.05, 3.63) is 0 Å². The summed E-state index contributed by atoms with van der Waals surface area (Å²) >= 11 is 0. The van der Waals surface area contributed by atoms with Gasteiger partial charge in [0.05, 0.1) is 0 Å². The van der Waals surface area contributed by atoms with Crippen molar-refractivity contribution in [3.8, 4) is 0 Å². The van der Waals surface area contributed by atoms with Gasteiger partial charge in [0.1, 0.15) is 0 Å². The molecule has 61 valence electrons. The number of hydrogen-bond acceptors (Lipinski definition) is 3. The van der Waals surface area contributed by atoms with E-state index in [9.17, 15) is 0 Å². The molecule has 0 fully saturated rings. The van der Waals surface area contributed by atoms with Crippen molar-refractivity contribution in [2.75, 3.05) is 13.7 Å². The van der Waals surface area contributed by atoms with Gasteiger partial charge in [-0.3, -0.25) is 0 Å². The van der Waals surface area contributed by atoms with Crippen molar-refractivity contribution in [2.24, 2.45) is 0 Å². The average Bonchev–Trinajstić information content (AvgIpc) is 1.67. The minimum absolute atomic E-state index is 0. The summed E-state index contributed by atoms with van der Waals surface area (Å²) in [5, 5.41) is 8.88. The van der Waals surface area contributed by atoms with Crippen molar-refractivity contribution < 1.29 is 31.6 Å². The molecule has 1 unspecified atom stereocenters. The Morgan fingerprint density at radius 1 is 1.56 bits per heavy atom. The van der Waals surface area contributed by atoms with E-state index in [1.165, 1.54) is 14.0 Å². The maximum atomic E-state index is 8.88. The molecule has 1 radical (unpaired) electrons. The van der Waals surface area contributed by atoms with Crippen molar-refractivity contribution >= 4 is 0 Å². The Balaban J connectivity index is 0. The Morgan fingerprint density at radius 3 is 2.11 bits per heavy atom. The van der Waals surface area contributed by atoms with E-state index in [0.717, 1.165) is 0 Å². The van der Waals surface area contributed by atoms with Gasteiger partial charge in [-0.05, 0) is 6.92 Å². The monoisotopic (exact) mass is 183 g/mol. The van der Waals surface area contributed by atoms with E-state index in [1.54, 1.807) is 6.92 Å². The van der Waals surface area contributed by atoms with Crippen LogP contribution in [0.25, 0.3) is 0 Å². The van der Waals surface area contributed by atoms with Gasteiger partial charge in [0.15, 0.2) is 0 Å². The second-order valence-corrected chi connectivity index (χ2v) is 1.53. The normalized spacial score (nSPS) is 16.0. The summed E-state index contributed by atoms with van der Waals surface area (Å²) < 4.78 is 9.22. The largest absolute Gasteiger partial charge is 0.344 e. The molecule has 0 spiro atoms. The number of aliphatic hydroxyl groups is 1. The van der Waals surface area contributed by atoms with Crippen LogP contribution in [0, 0.1) is 0 Å². The Bertz CT molecular complexity index is 65.2. The van der Waals surface area contributed by atoms with E-state index in [2.05, 4.69) is 4.74 Å². The first-order valence-electron chi connectivity index (χ1n) is 2.54. The summed E-state index contributed by atoms with van der Waals surface area (Å²) in [6.07, 6.45) is 0. The zero-order valence-corrected chi connectivity index (χ0v) is 6.71. The third-order valence-corrected chi connectivity index (χ3v) is 0.791. The molecule has 4 heteroatoms. The molecule has 0 aromatic heterocycles. The van der Waals surface area contributed by atoms with Crippen LogP contribution >= 0.6 is 0 Å². The first-order chi connectivity index (χ1) is 3.62. The van der Waals surface area contributed by atoms with E-state index in [-0.39, 0.29) is 17.1 Å². The summed E-state index contributed by atoms with van der Waals surface area (Å²) in [6, 6.07) is 0. The molecule has 0 aliphatic carbocycles. The Kier molecular flexibility index (Phi) is 7.01. The third kappa shape index (κ3) is 6.28. The maximum absolute atomic E-state index is 8.88. The molecular weight excluding hydrogens is 172 g/mol. The fourth-order valence-electron chi connectivity index (χ4n) is 0.327. The molecule has 0 aromatic rings. The van der Waals surface area contributed by atoms with Gasteiger partial charge in [0, 0.05) is 37.7 Å². The van der Waals surface area contributed by atoms with Gasteiger partial charge < -0.3 is 14.6 Å². The second kappa shape index (κ2) is 5.21. The number of ether oxygens (including phenoxy) is 2. The van der Waals surface area contributed by atoms with Gasteiger partial charge in [0.2, 0.25) is 0 Å². The predicted octanol–water partition coefficient (Wildman–Crippen LogP) is 0.333. The van der Waals surface area contributed by atoms with Gasteiger partial charge in [0.25, 0.3) is 5.97 Å². The van der Waals surface area contributed by atoms with Crippen LogP contribution in [-0.4, -0.2) is 24.8 Å². The van der Waals surface area contributed by atoms with E-state index < -0.39 is 5.97 Å². The van der Waals surface area contributed by atoms with E-state index in [4.69, 9.17) is 9.84 Å². The molecular formula is C5H12CuO3. The van der Waals surface area contributed by atoms with Crippen LogP contribution < -0.4 is 0 Å². The van der Waals surface area contributed by atoms with Crippen LogP contribution in [-0.2, 0) is 26.5 Å². The molecule has 0 amide bonds. The molecule has 0 aliphatic rings. The predicted molar refractivity (Wildman–Crippen MR) is 29.3 cm³/mol. The number of methoxy groups -OCH3 is 1. The molecule has 0 rings (SSSR count). The topological polar surface area (TPSA) is 38.7 Å². The summed E-state index contributed by atoms with van der Waals surface area (Å²) in [5.74, 6) is -1.41. The van der Waals surface area contributed by atoms with Crippen LogP contribution in [0.1, 0.15) is 13.8 Å². The zero-order valence-electron chi connectivity index (χ0n) is 5.77. The van der Waals surface area contributed by atoms with Crippen LogP contribution in [0.3, 0.4) is 0 Å². The maximum Gasteiger partial charge on any atom is 0.277 e. The van der Waals surface area contributed by atoms with E-state index in [0.29, 0.717) is 6.61 Å². The Labute approximate surface area is 65.8 Å². The van der Waals surface area contributed by atoms with E-state index >= 15 is 0 Å². The molecule has 0 heterocycles. The zero-order chi connectivity index (χ0) is 6.62. The number of hydrogen-bond donors (Lipinski definition) is 1. The SMILES string of the molecule is CCOC(C)(O)OC.[Cu]. The van der Waals surface area contributed by atoms with Gasteiger partial charge in [-0.1, -0.05) is 0 Å². The summed E-state index contributed by atoms with van der Waals surface area (Å²) in [4.78, 5) is 0. The average molecular weight is 184 g/mol. The van der Waals surface area contributed by atoms with Crippen molar-refractivity contribution in [1.82, 2.24) is 0 Å². The van der Waals surface area contributed by atoms with Crippen molar-refractivity contribution in [3.63, 3.8) is 0 Å². The molecule has 1 atom stereocenters. The van der Waals surface area contributed by atoms with Crippen LogP contribution in [0.2, 0.25) is 0 Å². The minimum atomic E-state index is -1.41. The first-order valence-corrected chi connectivity index (χ1v) is 2.54. The molecule has 0 bridgehead atoms. The van der Waals surface area contributed by atoms with Crippen LogP contribution in [0.5, 0.6) is 0 Å². The summed E-state index contributed by atoms with van der Waals surface area (Å²) in [7, 11) is 1.38. The standard InChI is InChI=1S/C5H12O3.Cu/c1-4-8-5(2,6)7-3;/h6H,4H2,1-3H3;. The van der Waals surface area contributed by atoms with E-state index in [1.807, 2.05) is 0 Å².